The molecule has 1 aromatic carbocycles. The maximum absolute atomic E-state index is 11.8. The van der Waals surface area contributed by atoms with Crippen LogP contribution in [0.25, 0.3) is 0 Å². The van der Waals surface area contributed by atoms with Crippen LogP contribution in [0.3, 0.4) is 0 Å². The number of Topliss-reactive ketones (excluding diaryl/α,β-unsaturated/α-hetero) is 1. The molecule has 19 heavy (non-hydrogen) atoms. The minimum Gasteiger partial charge on any atom is -0.361 e. The van der Waals surface area contributed by atoms with Crippen molar-refractivity contribution >= 4 is 11.5 Å². The average molecular weight is 260 g/mol. The number of ketones is 1. The van der Waals surface area contributed by atoms with Crippen molar-refractivity contribution in [2.45, 2.75) is 32.9 Å². The fraction of sp³-hybridized carbons (Fsp3) is 0.500. The number of hydrogen-bond donors (Lipinski definition) is 1. The molecule has 0 bridgehead atoms. The van der Waals surface area contributed by atoms with Gasteiger partial charge in [-0.1, -0.05) is 23.4 Å². The summed E-state index contributed by atoms with van der Waals surface area (Å²) in [6.45, 7) is 7.28. The van der Waals surface area contributed by atoms with Crippen molar-refractivity contribution in [1.82, 2.24) is 5.01 Å². The zero-order valence-electron chi connectivity index (χ0n) is 11.6. The topological polar surface area (TPSA) is 57.1 Å². The van der Waals surface area contributed by atoms with Gasteiger partial charge in [0.1, 0.15) is 5.78 Å². The van der Waals surface area contributed by atoms with E-state index in [1.807, 2.05) is 43.1 Å². The van der Waals surface area contributed by atoms with Crippen LogP contribution in [0.1, 0.15) is 32.3 Å². The van der Waals surface area contributed by atoms with Gasteiger partial charge >= 0.3 is 0 Å². The highest BCUT2D eigenvalue weighted by Gasteiger charge is 2.35. The summed E-state index contributed by atoms with van der Waals surface area (Å²) in [5.74, 6) is -0.128. The number of fused-ring (bicyclic) bond motifs is 1. The molecule has 5 nitrogen and oxygen atoms in total. The molecule has 1 heterocycles. The molecule has 2 unspecified atom stereocenters. The molecular formula is C14H20N4O. The second kappa shape index (κ2) is 5.82. The number of nitrogens with zero attached hydrogens (tertiary/aromatic N) is 3. The molecule has 2 rings (SSSR count). The van der Waals surface area contributed by atoms with E-state index in [4.69, 9.17) is 0 Å². The van der Waals surface area contributed by atoms with Crippen LogP contribution in [0, 0.1) is 0 Å². The fourth-order valence-corrected chi connectivity index (χ4v) is 2.33. The quantitative estimate of drug-likeness (QED) is 0.654. The number of hydrogen-bond acceptors (Lipinski definition) is 4. The van der Waals surface area contributed by atoms with Crippen LogP contribution >= 0.6 is 0 Å². The summed E-state index contributed by atoms with van der Waals surface area (Å²) in [4.78, 5) is 11.8. The Morgan fingerprint density at radius 2 is 2.00 bits per heavy atom. The summed E-state index contributed by atoms with van der Waals surface area (Å²) in [5, 5.41) is 13.6. The van der Waals surface area contributed by atoms with Gasteiger partial charge in [-0.15, -0.1) is 5.11 Å². The first-order valence-electron chi connectivity index (χ1n) is 6.69. The van der Waals surface area contributed by atoms with Crippen LogP contribution in [0.2, 0.25) is 0 Å². The number of anilines is 1. The van der Waals surface area contributed by atoms with Crippen LogP contribution in [0.5, 0.6) is 0 Å². The van der Waals surface area contributed by atoms with E-state index in [1.54, 1.807) is 6.92 Å². The summed E-state index contributed by atoms with van der Waals surface area (Å²) in [6, 6.07) is 7.84. The zero-order chi connectivity index (χ0) is 13.8. The minimum absolute atomic E-state index is 0.112. The van der Waals surface area contributed by atoms with Gasteiger partial charge in [0.25, 0.3) is 0 Å². The highest BCUT2D eigenvalue weighted by Crippen LogP contribution is 2.36. The first-order chi connectivity index (χ1) is 9.17. The lowest BCUT2D eigenvalue weighted by Gasteiger charge is -2.16. The van der Waals surface area contributed by atoms with E-state index in [9.17, 15) is 4.79 Å². The summed E-state index contributed by atoms with van der Waals surface area (Å²) in [6.07, 6.45) is -0.296. The number of benzene rings is 1. The van der Waals surface area contributed by atoms with Crippen LogP contribution in [0.4, 0.5) is 5.69 Å². The highest BCUT2D eigenvalue weighted by molar-refractivity contribution is 5.88. The smallest absolute Gasteiger partial charge is 0.155 e. The molecular weight excluding hydrogens is 240 g/mol. The van der Waals surface area contributed by atoms with E-state index < -0.39 is 0 Å². The SMILES string of the molecule is CCN(CC)/N=N/C1Nc2ccccc2C1C(C)=O. The van der Waals surface area contributed by atoms with Gasteiger partial charge in [0.05, 0.1) is 5.92 Å². The van der Waals surface area contributed by atoms with Gasteiger partial charge in [0.15, 0.2) is 6.17 Å². The first kappa shape index (κ1) is 13.5. The van der Waals surface area contributed by atoms with Crippen molar-refractivity contribution < 1.29 is 4.79 Å². The van der Waals surface area contributed by atoms with Crippen LogP contribution in [-0.2, 0) is 4.79 Å². The Morgan fingerprint density at radius 1 is 1.32 bits per heavy atom. The second-order valence-electron chi connectivity index (χ2n) is 4.61. The Balaban J connectivity index is 2.21. The van der Waals surface area contributed by atoms with Crippen molar-refractivity contribution in [1.29, 1.82) is 0 Å². The first-order valence-corrected chi connectivity index (χ1v) is 6.69. The summed E-state index contributed by atoms with van der Waals surface area (Å²) in [7, 11) is 0. The number of rotatable bonds is 5. The van der Waals surface area contributed by atoms with Gasteiger partial charge in [-0.05, 0) is 32.4 Å². The molecule has 0 aromatic heterocycles. The Morgan fingerprint density at radius 3 is 2.63 bits per heavy atom. The maximum Gasteiger partial charge on any atom is 0.155 e. The fourth-order valence-electron chi connectivity index (χ4n) is 2.33. The molecule has 0 fully saturated rings. The molecule has 102 valence electrons. The van der Waals surface area contributed by atoms with Gasteiger partial charge in [0.2, 0.25) is 0 Å². The van der Waals surface area contributed by atoms with Gasteiger partial charge in [-0.3, -0.25) is 9.80 Å². The van der Waals surface area contributed by atoms with E-state index >= 15 is 0 Å². The molecule has 1 aliphatic heterocycles. The van der Waals surface area contributed by atoms with Gasteiger partial charge in [0, 0.05) is 18.8 Å². The molecule has 0 radical (unpaired) electrons. The third kappa shape index (κ3) is 2.75. The molecule has 1 N–H and O–H groups in total. The lowest BCUT2D eigenvalue weighted by atomic mass is 9.96. The predicted molar refractivity (Wildman–Crippen MR) is 75.1 cm³/mol. The number of carbonyl (C=O) groups excluding carboxylic acids is 1. The van der Waals surface area contributed by atoms with Crippen molar-refractivity contribution in [2.75, 3.05) is 18.4 Å². The van der Waals surface area contributed by atoms with Crippen LogP contribution in [-0.4, -0.2) is 30.0 Å². The second-order valence-corrected chi connectivity index (χ2v) is 4.61. The lowest BCUT2D eigenvalue weighted by molar-refractivity contribution is -0.118. The molecule has 5 heteroatoms. The molecule has 0 saturated carbocycles. The molecule has 0 spiro atoms. The summed E-state index contributed by atoms with van der Waals surface area (Å²) in [5.41, 5.74) is 1.99. The van der Waals surface area contributed by atoms with Gasteiger partial charge < -0.3 is 5.32 Å². The third-order valence-corrected chi connectivity index (χ3v) is 3.39. The molecule has 0 aliphatic carbocycles. The number of nitrogens with one attached hydrogen (secondary N) is 1. The van der Waals surface area contributed by atoms with E-state index in [2.05, 4.69) is 15.7 Å². The van der Waals surface area contributed by atoms with Crippen LogP contribution < -0.4 is 5.32 Å². The molecule has 0 amide bonds. The zero-order valence-corrected chi connectivity index (χ0v) is 11.6. The van der Waals surface area contributed by atoms with Crippen molar-refractivity contribution in [3.8, 4) is 0 Å². The normalized spacial score (nSPS) is 21.2. The van der Waals surface area contributed by atoms with Gasteiger partial charge in [-0.25, -0.2) is 0 Å². The Hall–Kier alpha value is -1.91. The lowest BCUT2D eigenvalue weighted by Crippen LogP contribution is -2.24. The van der Waals surface area contributed by atoms with E-state index in [0.717, 1.165) is 24.3 Å². The number of carbonyl (C=O) groups is 1. The van der Waals surface area contributed by atoms with Crippen molar-refractivity contribution in [2.24, 2.45) is 10.3 Å². The average Bonchev–Trinajstić information content (AvgIpc) is 2.78. The minimum atomic E-state index is -0.296. The predicted octanol–water partition coefficient (Wildman–Crippen LogP) is 2.82. The van der Waals surface area contributed by atoms with Crippen molar-refractivity contribution in [3.05, 3.63) is 29.8 Å². The number of para-hydroxylation sites is 1. The maximum atomic E-state index is 11.8. The molecule has 0 saturated heterocycles. The molecule has 2 atom stereocenters. The van der Waals surface area contributed by atoms with E-state index in [1.165, 1.54) is 0 Å². The standard InChI is InChI=1S/C14H20N4O/c1-4-18(5-2)17-16-14-13(10(3)19)11-8-6-7-9-12(11)15-14/h6-9,13-15H,4-5H2,1-3H3/b17-16+. The van der Waals surface area contributed by atoms with Gasteiger partial charge in [-0.2, -0.15) is 0 Å². The van der Waals surface area contributed by atoms with Crippen molar-refractivity contribution in [3.63, 3.8) is 0 Å². The highest BCUT2D eigenvalue weighted by atomic mass is 16.1. The van der Waals surface area contributed by atoms with E-state index in [-0.39, 0.29) is 17.9 Å². The Bertz CT molecular complexity index is 482. The Labute approximate surface area is 113 Å². The monoisotopic (exact) mass is 260 g/mol. The molecule has 1 aliphatic rings. The molecule has 1 aromatic rings. The Kier molecular flexibility index (Phi) is 4.14. The van der Waals surface area contributed by atoms with Crippen LogP contribution in [0.15, 0.2) is 34.6 Å². The summed E-state index contributed by atoms with van der Waals surface area (Å²) < 4.78 is 0. The summed E-state index contributed by atoms with van der Waals surface area (Å²) >= 11 is 0. The van der Waals surface area contributed by atoms with E-state index in [0.29, 0.717) is 0 Å². The largest absolute Gasteiger partial charge is 0.361 e. The third-order valence-electron chi connectivity index (χ3n) is 3.39.